The maximum atomic E-state index is 10.5. The van der Waals surface area contributed by atoms with Crippen molar-refractivity contribution >= 4 is 17.5 Å². The van der Waals surface area contributed by atoms with E-state index in [0.29, 0.717) is 12.6 Å². The van der Waals surface area contributed by atoms with E-state index in [1.807, 2.05) is 12.1 Å². The largest absolute Gasteiger partial charge is 0.370 e. The molecule has 1 unspecified atom stereocenters. The highest BCUT2D eigenvalue weighted by molar-refractivity contribution is 6.30. The zero-order valence-corrected chi connectivity index (χ0v) is 10.9. The first-order valence-electron chi connectivity index (χ1n) is 6.02. The monoisotopic (exact) mass is 268 g/mol. The molecule has 0 aromatic heterocycles. The fraction of sp³-hybridized carbons (Fsp3) is 0.462. The van der Waals surface area contributed by atoms with Crippen LogP contribution in [0.2, 0.25) is 5.02 Å². The molecule has 1 aliphatic rings. The number of benzene rings is 1. The van der Waals surface area contributed by atoms with Crippen LogP contribution in [0.25, 0.3) is 0 Å². The van der Waals surface area contributed by atoms with Gasteiger partial charge in [-0.2, -0.15) is 0 Å². The molecule has 1 aromatic rings. The molecule has 2 rings (SSSR count). The van der Waals surface area contributed by atoms with Crippen molar-refractivity contribution in [3.8, 4) is 0 Å². The minimum absolute atomic E-state index is 0.0117. The smallest absolute Gasteiger partial charge is 0.243 e. The summed E-state index contributed by atoms with van der Waals surface area (Å²) in [6.45, 7) is 1.21. The minimum atomic E-state index is -0.432. The number of nitrogens with one attached hydrogen (secondary N) is 1. The van der Waals surface area contributed by atoms with Crippen molar-refractivity contribution in [1.82, 2.24) is 5.32 Å². The standard InChI is InChI=1S/C13H17ClN2O2/c14-11-2-1-9-6-12(7-10(9)5-11)16-3-4-18-8-13(15)17/h1-2,5,12,16H,3-4,6-8H2,(H2,15,17). The Morgan fingerprint density at radius 1 is 1.44 bits per heavy atom. The molecule has 1 aromatic carbocycles. The molecule has 0 heterocycles. The SMILES string of the molecule is NC(=O)COCCNC1Cc2ccc(Cl)cc2C1. The predicted octanol–water partition coefficient (Wildman–Crippen LogP) is 0.899. The molecule has 0 saturated heterocycles. The van der Waals surface area contributed by atoms with E-state index in [4.69, 9.17) is 22.1 Å². The van der Waals surface area contributed by atoms with Gasteiger partial charge in [-0.3, -0.25) is 4.79 Å². The van der Waals surface area contributed by atoms with Crippen molar-refractivity contribution in [3.05, 3.63) is 34.3 Å². The lowest BCUT2D eigenvalue weighted by molar-refractivity contribution is -0.122. The summed E-state index contributed by atoms with van der Waals surface area (Å²) in [4.78, 5) is 10.5. The van der Waals surface area contributed by atoms with Gasteiger partial charge in [0.2, 0.25) is 5.91 Å². The third kappa shape index (κ3) is 3.70. The molecule has 0 aliphatic heterocycles. The van der Waals surface area contributed by atoms with Gasteiger partial charge in [0.15, 0.2) is 0 Å². The summed E-state index contributed by atoms with van der Waals surface area (Å²) in [5, 5.41) is 4.19. The molecular weight excluding hydrogens is 252 g/mol. The average Bonchev–Trinajstić information content (AvgIpc) is 2.70. The third-order valence-electron chi connectivity index (χ3n) is 3.02. The second-order valence-corrected chi connectivity index (χ2v) is 4.93. The second kappa shape index (κ2) is 6.18. The Balaban J connectivity index is 1.70. The number of carbonyl (C=O) groups is 1. The number of nitrogens with two attached hydrogens (primary N) is 1. The molecule has 0 bridgehead atoms. The topological polar surface area (TPSA) is 64.4 Å². The van der Waals surface area contributed by atoms with E-state index in [2.05, 4.69) is 11.4 Å². The summed E-state index contributed by atoms with van der Waals surface area (Å²) in [5.41, 5.74) is 7.65. The molecular formula is C13H17ClN2O2. The molecule has 4 nitrogen and oxygen atoms in total. The lowest BCUT2D eigenvalue weighted by Gasteiger charge is -2.11. The number of fused-ring (bicyclic) bond motifs is 1. The summed E-state index contributed by atoms with van der Waals surface area (Å²) in [5.74, 6) is -0.432. The van der Waals surface area contributed by atoms with E-state index in [1.54, 1.807) is 0 Å². The van der Waals surface area contributed by atoms with Crippen LogP contribution in [-0.2, 0) is 22.4 Å². The molecule has 1 amide bonds. The molecule has 5 heteroatoms. The molecule has 3 N–H and O–H groups in total. The van der Waals surface area contributed by atoms with Crippen molar-refractivity contribution in [2.75, 3.05) is 19.8 Å². The fourth-order valence-corrected chi connectivity index (χ4v) is 2.43. The normalized spacial score (nSPS) is 17.7. The minimum Gasteiger partial charge on any atom is -0.370 e. The second-order valence-electron chi connectivity index (χ2n) is 4.49. The quantitative estimate of drug-likeness (QED) is 0.754. The van der Waals surface area contributed by atoms with E-state index >= 15 is 0 Å². The van der Waals surface area contributed by atoms with E-state index < -0.39 is 5.91 Å². The number of primary amides is 1. The molecule has 98 valence electrons. The van der Waals surface area contributed by atoms with Crippen LogP contribution in [-0.4, -0.2) is 31.7 Å². The van der Waals surface area contributed by atoms with E-state index in [-0.39, 0.29) is 6.61 Å². The molecule has 0 spiro atoms. The number of hydrogen-bond donors (Lipinski definition) is 2. The van der Waals surface area contributed by atoms with E-state index in [9.17, 15) is 4.79 Å². The molecule has 0 fully saturated rings. The highest BCUT2D eigenvalue weighted by atomic mass is 35.5. The summed E-state index contributed by atoms with van der Waals surface area (Å²) in [6, 6.07) is 6.47. The Morgan fingerprint density at radius 2 is 2.22 bits per heavy atom. The average molecular weight is 269 g/mol. The number of amides is 1. The van der Waals surface area contributed by atoms with Gasteiger partial charge in [-0.25, -0.2) is 0 Å². The summed E-state index contributed by atoms with van der Waals surface area (Å²) in [7, 11) is 0. The van der Waals surface area contributed by atoms with Crippen LogP contribution < -0.4 is 11.1 Å². The van der Waals surface area contributed by atoms with Gasteiger partial charge in [0.1, 0.15) is 6.61 Å². The van der Waals surface area contributed by atoms with Crippen LogP contribution in [0.4, 0.5) is 0 Å². The molecule has 1 aliphatic carbocycles. The number of ether oxygens (including phenoxy) is 1. The van der Waals surface area contributed by atoms with Gasteiger partial charge >= 0.3 is 0 Å². The van der Waals surface area contributed by atoms with Crippen molar-refractivity contribution < 1.29 is 9.53 Å². The molecule has 1 atom stereocenters. The zero-order valence-electron chi connectivity index (χ0n) is 10.1. The fourth-order valence-electron chi connectivity index (χ4n) is 2.24. The Bertz CT molecular complexity index is 437. The first kappa shape index (κ1) is 13.3. The van der Waals surface area contributed by atoms with Gasteiger partial charge in [-0.1, -0.05) is 17.7 Å². The molecule has 18 heavy (non-hydrogen) atoms. The number of carbonyl (C=O) groups excluding carboxylic acids is 1. The highest BCUT2D eigenvalue weighted by Crippen LogP contribution is 2.25. The third-order valence-corrected chi connectivity index (χ3v) is 3.26. The van der Waals surface area contributed by atoms with Gasteiger partial charge in [-0.05, 0) is 36.1 Å². The molecule has 0 saturated carbocycles. The number of rotatable bonds is 6. The van der Waals surface area contributed by atoms with E-state index in [1.165, 1.54) is 11.1 Å². The van der Waals surface area contributed by atoms with E-state index in [0.717, 1.165) is 24.4 Å². The Kier molecular flexibility index (Phi) is 4.58. The first-order valence-corrected chi connectivity index (χ1v) is 6.39. The van der Waals surface area contributed by atoms with Gasteiger partial charge in [-0.15, -0.1) is 0 Å². The number of hydrogen-bond acceptors (Lipinski definition) is 3. The van der Waals surface area contributed by atoms with Crippen molar-refractivity contribution in [2.24, 2.45) is 5.73 Å². The van der Waals surface area contributed by atoms with Crippen LogP contribution in [0.3, 0.4) is 0 Å². The summed E-state index contributed by atoms with van der Waals surface area (Å²) >= 11 is 5.96. The highest BCUT2D eigenvalue weighted by Gasteiger charge is 2.20. The van der Waals surface area contributed by atoms with Crippen LogP contribution in [0, 0.1) is 0 Å². The van der Waals surface area contributed by atoms with Crippen LogP contribution in [0.1, 0.15) is 11.1 Å². The lowest BCUT2D eigenvalue weighted by Crippen LogP contribution is -2.33. The van der Waals surface area contributed by atoms with Crippen molar-refractivity contribution in [1.29, 1.82) is 0 Å². The van der Waals surface area contributed by atoms with Gasteiger partial charge in [0, 0.05) is 17.6 Å². The Hall–Kier alpha value is -1.10. The van der Waals surface area contributed by atoms with Gasteiger partial charge < -0.3 is 15.8 Å². The van der Waals surface area contributed by atoms with Crippen LogP contribution in [0.15, 0.2) is 18.2 Å². The van der Waals surface area contributed by atoms with Crippen molar-refractivity contribution in [3.63, 3.8) is 0 Å². The summed E-state index contributed by atoms with van der Waals surface area (Å²) < 4.78 is 5.09. The Labute approximate surface area is 111 Å². The summed E-state index contributed by atoms with van der Waals surface area (Å²) in [6.07, 6.45) is 2.01. The molecule has 0 radical (unpaired) electrons. The Morgan fingerprint density at radius 3 is 3.00 bits per heavy atom. The number of halogens is 1. The van der Waals surface area contributed by atoms with Crippen LogP contribution >= 0.6 is 11.6 Å². The lowest BCUT2D eigenvalue weighted by atomic mass is 10.1. The van der Waals surface area contributed by atoms with Gasteiger partial charge in [0.25, 0.3) is 0 Å². The van der Waals surface area contributed by atoms with Gasteiger partial charge in [0.05, 0.1) is 6.61 Å². The predicted molar refractivity (Wildman–Crippen MR) is 70.7 cm³/mol. The zero-order chi connectivity index (χ0) is 13.0. The maximum Gasteiger partial charge on any atom is 0.243 e. The first-order chi connectivity index (χ1) is 8.65. The van der Waals surface area contributed by atoms with Crippen molar-refractivity contribution in [2.45, 2.75) is 18.9 Å². The van der Waals surface area contributed by atoms with Crippen LogP contribution in [0.5, 0.6) is 0 Å². The maximum absolute atomic E-state index is 10.5.